The molecule has 0 amide bonds. The number of fused-ring (bicyclic) bond motifs is 1. The molecule has 0 atom stereocenters. The number of ether oxygens (including phenoxy) is 1. The number of esters is 1. The van der Waals surface area contributed by atoms with Crippen LogP contribution in [0.5, 0.6) is 0 Å². The number of para-hydroxylation sites is 1. The van der Waals surface area contributed by atoms with Gasteiger partial charge in [0.1, 0.15) is 5.82 Å². The van der Waals surface area contributed by atoms with E-state index in [0.717, 1.165) is 24.2 Å². The van der Waals surface area contributed by atoms with Crippen molar-refractivity contribution < 1.29 is 9.53 Å². The lowest BCUT2D eigenvalue weighted by molar-refractivity contribution is 0.0459. The van der Waals surface area contributed by atoms with E-state index in [4.69, 9.17) is 4.74 Å². The van der Waals surface area contributed by atoms with E-state index in [-0.39, 0.29) is 6.61 Å². The largest absolute Gasteiger partial charge is 0.454 e. The van der Waals surface area contributed by atoms with Gasteiger partial charge in [-0.2, -0.15) is 5.10 Å². The van der Waals surface area contributed by atoms with E-state index in [1.807, 2.05) is 17.6 Å². The van der Waals surface area contributed by atoms with E-state index in [9.17, 15) is 4.79 Å². The fourth-order valence-corrected chi connectivity index (χ4v) is 2.39. The Morgan fingerprint density at radius 3 is 3.05 bits per heavy atom. The van der Waals surface area contributed by atoms with Gasteiger partial charge in [0, 0.05) is 11.9 Å². The molecule has 0 spiro atoms. The summed E-state index contributed by atoms with van der Waals surface area (Å²) in [6.45, 7) is 4.87. The number of rotatable bonds is 5. The molecule has 0 aliphatic heterocycles. The van der Waals surface area contributed by atoms with Gasteiger partial charge in [-0.25, -0.2) is 4.79 Å². The lowest BCUT2D eigenvalue weighted by Gasteiger charge is -2.08. The SMILES string of the molecule is CCCn1c(C)nnc1COC(=O)c1cccc2cn[nH]c12. The predicted octanol–water partition coefficient (Wildman–Crippen LogP) is 2.23. The first-order chi connectivity index (χ1) is 10.7. The maximum Gasteiger partial charge on any atom is 0.340 e. The Morgan fingerprint density at radius 1 is 1.36 bits per heavy atom. The average molecular weight is 299 g/mol. The van der Waals surface area contributed by atoms with Crippen LogP contribution in [0, 0.1) is 6.92 Å². The van der Waals surface area contributed by atoms with E-state index >= 15 is 0 Å². The quantitative estimate of drug-likeness (QED) is 0.730. The molecule has 22 heavy (non-hydrogen) atoms. The molecule has 114 valence electrons. The number of aromatic nitrogens is 5. The number of hydrogen-bond donors (Lipinski definition) is 1. The molecule has 0 aliphatic rings. The first-order valence-corrected chi connectivity index (χ1v) is 7.18. The fourth-order valence-electron chi connectivity index (χ4n) is 2.39. The Morgan fingerprint density at radius 2 is 2.23 bits per heavy atom. The summed E-state index contributed by atoms with van der Waals surface area (Å²) in [6, 6.07) is 5.40. The van der Waals surface area contributed by atoms with Crippen LogP contribution in [0.25, 0.3) is 10.9 Å². The zero-order chi connectivity index (χ0) is 15.5. The number of aryl methyl sites for hydroxylation is 1. The molecule has 2 aromatic heterocycles. The summed E-state index contributed by atoms with van der Waals surface area (Å²) in [5, 5.41) is 15.7. The van der Waals surface area contributed by atoms with Crippen LogP contribution in [0.2, 0.25) is 0 Å². The van der Waals surface area contributed by atoms with Crippen LogP contribution >= 0.6 is 0 Å². The molecule has 2 heterocycles. The minimum Gasteiger partial charge on any atom is -0.454 e. The second-order valence-corrected chi connectivity index (χ2v) is 5.03. The Hall–Kier alpha value is -2.70. The molecule has 0 fully saturated rings. The van der Waals surface area contributed by atoms with Crippen molar-refractivity contribution in [3.05, 3.63) is 41.6 Å². The highest BCUT2D eigenvalue weighted by molar-refractivity contribution is 6.02. The first kappa shape index (κ1) is 14.2. The van der Waals surface area contributed by atoms with E-state index in [0.29, 0.717) is 16.9 Å². The van der Waals surface area contributed by atoms with Crippen molar-refractivity contribution in [1.29, 1.82) is 0 Å². The van der Waals surface area contributed by atoms with E-state index < -0.39 is 5.97 Å². The molecule has 0 radical (unpaired) electrons. The molecule has 0 saturated carbocycles. The van der Waals surface area contributed by atoms with Crippen molar-refractivity contribution in [2.24, 2.45) is 0 Å². The zero-order valence-electron chi connectivity index (χ0n) is 12.5. The third-order valence-electron chi connectivity index (χ3n) is 3.49. The molecule has 1 aromatic carbocycles. The number of H-pyrrole nitrogens is 1. The summed E-state index contributed by atoms with van der Waals surface area (Å²) in [5.74, 6) is 1.08. The van der Waals surface area contributed by atoms with Gasteiger partial charge in [-0.05, 0) is 19.4 Å². The molecule has 3 rings (SSSR count). The van der Waals surface area contributed by atoms with Gasteiger partial charge >= 0.3 is 5.97 Å². The summed E-state index contributed by atoms with van der Waals surface area (Å²) < 4.78 is 7.34. The van der Waals surface area contributed by atoms with E-state index in [1.54, 1.807) is 18.3 Å². The van der Waals surface area contributed by atoms with Gasteiger partial charge in [-0.15, -0.1) is 10.2 Å². The maximum atomic E-state index is 12.3. The van der Waals surface area contributed by atoms with Crippen molar-refractivity contribution in [3.8, 4) is 0 Å². The van der Waals surface area contributed by atoms with Gasteiger partial charge in [0.15, 0.2) is 12.4 Å². The van der Waals surface area contributed by atoms with E-state index in [2.05, 4.69) is 27.3 Å². The van der Waals surface area contributed by atoms with Crippen molar-refractivity contribution in [2.45, 2.75) is 33.4 Å². The number of nitrogens with one attached hydrogen (secondary N) is 1. The van der Waals surface area contributed by atoms with Crippen molar-refractivity contribution in [2.75, 3.05) is 0 Å². The third-order valence-corrected chi connectivity index (χ3v) is 3.49. The predicted molar refractivity (Wildman–Crippen MR) is 80.3 cm³/mol. The Balaban J connectivity index is 1.77. The van der Waals surface area contributed by atoms with Crippen LogP contribution in [0.3, 0.4) is 0 Å². The summed E-state index contributed by atoms with van der Waals surface area (Å²) in [7, 11) is 0. The summed E-state index contributed by atoms with van der Waals surface area (Å²) in [5.41, 5.74) is 1.15. The lowest BCUT2D eigenvalue weighted by Crippen LogP contribution is -2.11. The summed E-state index contributed by atoms with van der Waals surface area (Å²) in [6.07, 6.45) is 2.64. The number of carbonyl (C=O) groups excluding carboxylic acids is 1. The van der Waals surface area contributed by atoms with Gasteiger partial charge in [0.2, 0.25) is 0 Å². The van der Waals surface area contributed by atoms with Crippen LogP contribution < -0.4 is 0 Å². The van der Waals surface area contributed by atoms with Crippen LogP contribution in [-0.2, 0) is 17.9 Å². The second-order valence-electron chi connectivity index (χ2n) is 5.03. The molecular weight excluding hydrogens is 282 g/mol. The highest BCUT2D eigenvalue weighted by atomic mass is 16.5. The zero-order valence-corrected chi connectivity index (χ0v) is 12.5. The number of carbonyl (C=O) groups is 1. The average Bonchev–Trinajstić information content (AvgIpc) is 3.13. The second kappa shape index (κ2) is 5.97. The topological polar surface area (TPSA) is 85.7 Å². The Kier molecular flexibility index (Phi) is 3.86. The molecule has 7 nitrogen and oxygen atoms in total. The molecule has 0 saturated heterocycles. The van der Waals surface area contributed by atoms with Crippen LogP contribution in [0.4, 0.5) is 0 Å². The normalized spacial score (nSPS) is 11.0. The first-order valence-electron chi connectivity index (χ1n) is 7.18. The molecule has 0 aliphatic carbocycles. The molecule has 1 N–H and O–H groups in total. The Bertz CT molecular complexity index is 805. The number of nitrogens with zero attached hydrogens (tertiary/aromatic N) is 4. The fraction of sp³-hybridized carbons (Fsp3) is 0.333. The van der Waals surface area contributed by atoms with Crippen molar-refractivity contribution in [3.63, 3.8) is 0 Å². The minimum atomic E-state index is -0.404. The molecule has 0 bridgehead atoms. The molecule has 7 heteroatoms. The number of benzene rings is 1. The molecule has 3 aromatic rings. The maximum absolute atomic E-state index is 12.3. The molecule has 0 unspecified atom stereocenters. The highest BCUT2D eigenvalue weighted by Gasteiger charge is 2.15. The van der Waals surface area contributed by atoms with Crippen LogP contribution in [-0.4, -0.2) is 30.9 Å². The monoisotopic (exact) mass is 299 g/mol. The van der Waals surface area contributed by atoms with Gasteiger partial charge in [0.05, 0.1) is 17.3 Å². The van der Waals surface area contributed by atoms with Gasteiger partial charge in [-0.3, -0.25) is 5.10 Å². The van der Waals surface area contributed by atoms with Crippen molar-refractivity contribution in [1.82, 2.24) is 25.0 Å². The number of hydrogen-bond acceptors (Lipinski definition) is 5. The van der Waals surface area contributed by atoms with E-state index in [1.165, 1.54) is 0 Å². The summed E-state index contributed by atoms with van der Waals surface area (Å²) in [4.78, 5) is 12.3. The highest BCUT2D eigenvalue weighted by Crippen LogP contribution is 2.17. The smallest absolute Gasteiger partial charge is 0.340 e. The van der Waals surface area contributed by atoms with Gasteiger partial charge in [-0.1, -0.05) is 19.1 Å². The standard InChI is InChI=1S/C15H17N5O2/c1-3-7-20-10(2)17-18-13(20)9-22-15(21)12-6-4-5-11-8-16-19-14(11)12/h4-6,8H,3,7,9H2,1-2H3,(H,16,19). The lowest BCUT2D eigenvalue weighted by atomic mass is 10.1. The van der Waals surface area contributed by atoms with Gasteiger partial charge in [0.25, 0.3) is 0 Å². The van der Waals surface area contributed by atoms with Gasteiger partial charge < -0.3 is 9.30 Å². The molecular formula is C15H17N5O2. The van der Waals surface area contributed by atoms with Crippen molar-refractivity contribution >= 4 is 16.9 Å². The Labute approximate surface area is 127 Å². The number of aromatic amines is 1. The van der Waals surface area contributed by atoms with Crippen LogP contribution in [0.1, 0.15) is 35.4 Å². The summed E-state index contributed by atoms with van der Waals surface area (Å²) >= 11 is 0. The third kappa shape index (κ3) is 2.57. The minimum absolute atomic E-state index is 0.101. The van der Waals surface area contributed by atoms with Crippen LogP contribution in [0.15, 0.2) is 24.4 Å².